The van der Waals surface area contributed by atoms with E-state index < -0.39 is 16.7 Å². The van der Waals surface area contributed by atoms with Crippen molar-refractivity contribution in [3.8, 4) is 0 Å². The van der Waals surface area contributed by atoms with E-state index in [1.807, 2.05) is 0 Å². The van der Waals surface area contributed by atoms with Crippen LogP contribution in [0.25, 0.3) is 6.08 Å². The van der Waals surface area contributed by atoms with Crippen molar-refractivity contribution in [1.29, 1.82) is 0 Å². The van der Waals surface area contributed by atoms with Crippen molar-refractivity contribution in [3.63, 3.8) is 0 Å². The number of non-ortho nitro benzene ring substituents is 1. The van der Waals surface area contributed by atoms with Crippen molar-refractivity contribution >= 4 is 45.7 Å². The highest BCUT2D eigenvalue weighted by Crippen LogP contribution is 2.12. The zero-order chi connectivity index (χ0) is 22.2. The highest BCUT2D eigenvalue weighted by molar-refractivity contribution is 9.10. The average molecular weight is 483 g/mol. The average Bonchev–Trinajstić information content (AvgIpc) is 3.27. The summed E-state index contributed by atoms with van der Waals surface area (Å²) in [4.78, 5) is 35.3. The van der Waals surface area contributed by atoms with Crippen molar-refractivity contribution in [2.24, 2.45) is 5.10 Å². The minimum Gasteiger partial charge on any atom is -0.465 e. The first-order valence-corrected chi connectivity index (χ1v) is 9.61. The van der Waals surface area contributed by atoms with E-state index in [1.54, 1.807) is 36.4 Å². The van der Waals surface area contributed by atoms with E-state index in [-0.39, 0.29) is 11.4 Å². The highest BCUT2D eigenvalue weighted by atomic mass is 79.9. The van der Waals surface area contributed by atoms with E-state index in [0.29, 0.717) is 16.9 Å². The fraction of sp³-hybridized carbons (Fsp3) is 0. The van der Waals surface area contributed by atoms with Crippen LogP contribution in [-0.4, -0.2) is 23.0 Å². The summed E-state index contributed by atoms with van der Waals surface area (Å²) in [6.07, 6.45) is 4.13. The molecule has 0 bridgehead atoms. The normalized spacial score (nSPS) is 11.3. The van der Waals surface area contributed by atoms with Crippen molar-refractivity contribution in [2.75, 3.05) is 0 Å². The maximum absolute atomic E-state index is 12.6. The molecule has 31 heavy (non-hydrogen) atoms. The van der Waals surface area contributed by atoms with E-state index in [0.717, 1.165) is 4.47 Å². The second-order valence-corrected chi connectivity index (χ2v) is 7.00. The van der Waals surface area contributed by atoms with Gasteiger partial charge in [-0.15, -0.1) is 0 Å². The summed E-state index contributed by atoms with van der Waals surface area (Å²) in [5.41, 5.74) is 3.08. The Morgan fingerprint density at radius 1 is 1.06 bits per heavy atom. The van der Waals surface area contributed by atoms with Crippen LogP contribution in [0.15, 0.2) is 86.6 Å². The van der Waals surface area contributed by atoms with Crippen LogP contribution in [0.5, 0.6) is 0 Å². The van der Waals surface area contributed by atoms with E-state index >= 15 is 0 Å². The minimum atomic E-state index is -0.681. The van der Waals surface area contributed by atoms with Crippen LogP contribution < -0.4 is 10.7 Å². The van der Waals surface area contributed by atoms with Gasteiger partial charge in [-0.1, -0.05) is 15.9 Å². The van der Waals surface area contributed by atoms with Crippen LogP contribution in [0.3, 0.4) is 0 Å². The molecule has 0 atom stereocenters. The molecule has 10 heteroatoms. The van der Waals surface area contributed by atoms with Crippen molar-refractivity contribution < 1.29 is 18.9 Å². The van der Waals surface area contributed by atoms with Crippen molar-refractivity contribution in [3.05, 3.63) is 104 Å². The van der Waals surface area contributed by atoms with Gasteiger partial charge in [0.2, 0.25) is 0 Å². The van der Waals surface area contributed by atoms with Crippen LogP contribution in [0, 0.1) is 10.1 Å². The third-order valence-corrected chi connectivity index (χ3v) is 4.44. The molecule has 9 nitrogen and oxygen atoms in total. The summed E-state index contributed by atoms with van der Waals surface area (Å²) in [7, 11) is 0. The van der Waals surface area contributed by atoms with Gasteiger partial charge in [-0.2, -0.15) is 5.10 Å². The van der Waals surface area contributed by atoms with Gasteiger partial charge < -0.3 is 9.73 Å². The number of rotatable bonds is 7. The lowest BCUT2D eigenvalue weighted by atomic mass is 10.2. The zero-order valence-electron chi connectivity index (χ0n) is 15.8. The lowest BCUT2D eigenvalue weighted by molar-refractivity contribution is -0.384. The Kier molecular flexibility index (Phi) is 7.07. The molecule has 0 spiro atoms. The fourth-order valence-electron chi connectivity index (χ4n) is 2.38. The lowest BCUT2D eigenvalue weighted by Crippen LogP contribution is -2.32. The number of amides is 2. The Labute approximate surface area is 184 Å². The molecule has 0 fully saturated rings. The van der Waals surface area contributed by atoms with Crippen LogP contribution in [0.1, 0.15) is 21.7 Å². The quantitative estimate of drug-likeness (QED) is 0.228. The number of hydrazone groups is 1. The Morgan fingerprint density at radius 2 is 1.77 bits per heavy atom. The molecule has 2 N–H and O–H groups in total. The van der Waals surface area contributed by atoms with Crippen LogP contribution in [0.2, 0.25) is 0 Å². The molecular formula is C21H15BrN4O5. The van der Waals surface area contributed by atoms with E-state index in [2.05, 4.69) is 31.8 Å². The van der Waals surface area contributed by atoms with Gasteiger partial charge in [0.15, 0.2) is 0 Å². The molecule has 3 rings (SSSR count). The molecule has 0 aliphatic heterocycles. The molecule has 2 aromatic carbocycles. The third kappa shape index (κ3) is 6.21. The van der Waals surface area contributed by atoms with Crippen molar-refractivity contribution in [2.45, 2.75) is 0 Å². The summed E-state index contributed by atoms with van der Waals surface area (Å²) >= 11 is 3.30. The molecule has 156 valence electrons. The van der Waals surface area contributed by atoms with Crippen LogP contribution in [-0.2, 0) is 4.79 Å². The molecule has 0 aliphatic carbocycles. The van der Waals surface area contributed by atoms with Gasteiger partial charge in [-0.25, -0.2) is 5.43 Å². The molecule has 0 saturated heterocycles. The number of nitrogens with zero attached hydrogens (tertiary/aromatic N) is 2. The number of hydrogen-bond donors (Lipinski definition) is 2. The fourth-order valence-corrected chi connectivity index (χ4v) is 2.64. The molecule has 1 aromatic heterocycles. The summed E-state index contributed by atoms with van der Waals surface area (Å²) < 4.78 is 6.03. The number of furan rings is 1. The van der Waals surface area contributed by atoms with Gasteiger partial charge >= 0.3 is 0 Å². The summed E-state index contributed by atoms with van der Waals surface area (Å²) in [5.74, 6) is -0.805. The Balaban J connectivity index is 1.72. The first kappa shape index (κ1) is 21.7. The third-order valence-electron chi connectivity index (χ3n) is 3.91. The smallest absolute Gasteiger partial charge is 0.288 e. The van der Waals surface area contributed by atoms with E-state index in [9.17, 15) is 19.7 Å². The zero-order valence-corrected chi connectivity index (χ0v) is 17.4. The topological polar surface area (TPSA) is 127 Å². The Morgan fingerprint density at radius 3 is 2.39 bits per heavy atom. The van der Waals surface area contributed by atoms with E-state index in [4.69, 9.17) is 4.42 Å². The molecule has 0 radical (unpaired) electrons. The number of carbonyl (C=O) groups is 2. The van der Waals surface area contributed by atoms with Gasteiger partial charge in [0.05, 0.1) is 17.4 Å². The number of halogens is 1. The maximum atomic E-state index is 12.6. The number of nitro groups is 1. The largest absolute Gasteiger partial charge is 0.465 e. The number of carbonyl (C=O) groups excluding carboxylic acids is 2. The van der Waals surface area contributed by atoms with Gasteiger partial charge in [0.1, 0.15) is 11.5 Å². The van der Waals surface area contributed by atoms with Crippen LogP contribution >= 0.6 is 15.9 Å². The number of benzene rings is 2. The summed E-state index contributed by atoms with van der Waals surface area (Å²) in [5, 5.41) is 17.1. The second-order valence-electron chi connectivity index (χ2n) is 6.08. The highest BCUT2D eigenvalue weighted by Gasteiger charge is 2.15. The predicted octanol–water partition coefficient (Wildman–Crippen LogP) is 3.87. The molecule has 0 saturated carbocycles. The lowest BCUT2D eigenvalue weighted by Gasteiger charge is -2.08. The summed E-state index contributed by atoms with van der Waals surface area (Å²) in [6, 6.07) is 15.5. The van der Waals surface area contributed by atoms with Gasteiger partial charge in [0.25, 0.3) is 17.5 Å². The molecule has 0 unspecified atom stereocenters. The number of nitrogens with one attached hydrogen (secondary N) is 2. The SMILES string of the molecule is O=C(NN=Cc1ccc([N+](=O)[O-])cc1)C(=Cc1ccco1)NC(=O)c1ccc(Br)cc1. The van der Waals surface area contributed by atoms with Gasteiger partial charge in [-0.3, -0.25) is 19.7 Å². The Bertz CT molecular complexity index is 1140. The molecule has 3 aromatic rings. The molecule has 2 amide bonds. The van der Waals surface area contributed by atoms with Crippen LogP contribution in [0.4, 0.5) is 5.69 Å². The first-order chi connectivity index (χ1) is 14.9. The van der Waals surface area contributed by atoms with Gasteiger partial charge in [0, 0.05) is 28.2 Å². The first-order valence-electron chi connectivity index (χ1n) is 8.82. The molecule has 0 aliphatic rings. The van der Waals surface area contributed by atoms with E-state index in [1.165, 1.54) is 42.8 Å². The maximum Gasteiger partial charge on any atom is 0.288 e. The summed E-state index contributed by atoms with van der Waals surface area (Å²) in [6.45, 7) is 0. The molecule has 1 heterocycles. The minimum absolute atomic E-state index is 0.0551. The molecular weight excluding hydrogens is 468 g/mol. The Hall–Kier alpha value is -4.05. The standard InChI is InChI=1S/C21H15BrN4O5/c22-16-7-5-15(6-8-16)20(27)24-19(12-18-2-1-11-31-18)21(28)25-23-13-14-3-9-17(10-4-14)26(29)30/h1-13H,(H,24,27)(H,25,28). The number of hydrogen-bond acceptors (Lipinski definition) is 6. The monoisotopic (exact) mass is 482 g/mol. The number of nitro benzene ring substituents is 1. The predicted molar refractivity (Wildman–Crippen MR) is 117 cm³/mol. The second kappa shape index (κ2) is 10.1. The van der Waals surface area contributed by atoms with Crippen molar-refractivity contribution in [1.82, 2.24) is 10.7 Å². The van der Waals surface area contributed by atoms with Gasteiger partial charge in [-0.05, 0) is 54.1 Å².